The van der Waals surface area contributed by atoms with Crippen LogP contribution in [0.3, 0.4) is 0 Å². The van der Waals surface area contributed by atoms with E-state index in [1.165, 1.54) is 0 Å². The van der Waals surface area contributed by atoms with Gasteiger partial charge < -0.3 is 0 Å². The lowest BCUT2D eigenvalue weighted by molar-refractivity contribution is 0.585. The van der Waals surface area contributed by atoms with Crippen LogP contribution in [0.25, 0.3) is 11.3 Å². The Morgan fingerprint density at radius 1 is 1.11 bits per heavy atom. The van der Waals surface area contributed by atoms with E-state index in [0.29, 0.717) is 0 Å². The molecule has 3 heteroatoms. The lowest BCUT2D eigenvalue weighted by Gasteiger charge is -2.01. The number of H-pyrrole nitrogens is 1. The molecular formula is C16H22N2O. The lowest BCUT2D eigenvalue weighted by Crippen LogP contribution is -2.18. The Labute approximate surface area is 114 Å². The fourth-order valence-corrected chi connectivity index (χ4v) is 2.33. The molecule has 1 aromatic heterocycles. The van der Waals surface area contributed by atoms with Crippen molar-refractivity contribution in [2.75, 3.05) is 0 Å². The average Bonchev–Trinajstić information content (AvgIpc) is 2.75. The molecule has 0 aliphatic heterocycles. The van der Waals surface area contributed by atoms with Crippen LogP contribution in [0.4, 0.5) is 0 Å². The minimum atomic E-state index is 0.147. The van der Waals surface area contributed by atoms with Crippen LogP contribution in [0.1, 0.15) is 38.7 Å². The van der Waals surface area contributed by atoms with Crippen molar-refractivity contribution in [2.24, 2.45) is 0 Å². The van der Waals surface area contributed by atoms with Gasteiger partial charge in [0.25, 0.3) is 5.56 Å². The van der Waals surface area contributed by atoms with Crippen molar-refractivity contribution in [3.8, 4) is 11.3 Å². The Balaban J connectivity index is 2.46. The van der Waals surface area contributed by atoms with E-state index in [9.17, 15) is 4.79 Å². The number of nitrogens with one attached hydrogen (secondary N) is 1. The molecule has 0 saturated heterocycles. The standard InChI is InChI=1S/C16H22N2O/c1-3-5-11-14-15(13-9-7-6-8-10-13)17-18(12-4-2)16(14)19/h6-10,17H,3-5,11-12H2,1-2H3. The zero-order chi connectivity index (χ0) is 13.7. The summed E-state index contributed by atoms with van der Waals surface area (Å²) in [4.78, 5) is 12.4. The molecule has 0 aliphatic rings. The predicted octanol–water partition coefficient (Wildman–Crippen LogP) is 3.60. The predicted molar refractivity (Wildman–Crippen MR) is 79.4 cm³/mol. The molecule has 0 amide bonds. The van der Waals surface area contributed by atoms with E-state index in [1.807, 2.05) is 18.2 Å². The quantitative estimate of drug-likeness (QED) is 0.844. The number of hydrogen-bond acceptors (Lipinski definition) is 1. The molecule has 0 radical (unpaired) electrons. The average molecular weight is 258 g/mol. The molecule has 1 N–H and O–H groups in total. The largest absolute Gasteiger partial charge is 0.295 e. The third-order valence-electron chi connectivity index (χ3n) is 3.34. The van der Waals surface area contributed by atoms with Gasteiger partial charge in [0.1, 0.15) is 0 Å². The molecule has 102 valence electrons. The van der Waals surface area contributed by atoms with E-state index in [2.05, 4.69) is 31.1 Å². The SMILES string of the molecule is CCCCc1c(-c2ccccc2)[nH]n(CCC)c1=O. The number of rotatable bonds is 6. The van der Waals surface area contributed by atoms with Crippen LogP contribution >= 0.6 is 0 Å². The second kappa shape index (κ2) is 6.41. The molecule has 2 aromatic rings. The number of nitrogens with zero attached hydrogens (tertiary/aromatic N) is 1. The second-order valence-electron chi connectivity index (χ2n) is 4.89. The molecule has 3 nitrogen and oxygen atoms in total. The van der Waals surface area contributed by atoms with E-state index in [1.54, 1.807) is 4.68 Å². The van der Waals surface area contributed by atoms with Gasteiger partial charge in [-0.3, -0.25) is 14.6 Å². The normalized spacial score (nSPS) is 10.8. The van der Waals surface area contributed by atoms with Crippen LogP contribution < -0.4 is 5.56 Å². The van der Waals surface area contributed by atoms with Crippen molar-refractivity contribution in [2.45, 2.75) is 46.1 Å². The van der Waals surface area contributed by atoms with E-state index < -0.39 is 0 Å². The molecule has 2 rings (SSSR count). The van der Waals surface area contributed by atoms with Gasteiger partial charge in [0.2, 0.25) is 0 Å². The molecule has 1 heterocycles. The van der Waals surface area contributed by atoms with E-state index >= 15 is 0 Å². The van der Waals surface area contributed by atoms with Crippen LogP contribution in [0, 0.1) is 0 Å². The van der Waals surface area contributed by atoms with Crippen LogP contribution in [-0.4, -0.2) is 9.78 Å². The maximum absolute atomic E-state index is 12.4. The molecule has 0 spiro atoms. The first-order valence-corrected chi connectivity index (χ1v) is 7.15. The zero-order valence-corrected chi connectivity index (χ0v) is 11.8. The fourth-order valence-electron chi connectivity index (χ4n) is 2.33. The summed E-state index contributed by atoms with van der Waals surface area (Å²) in [5.41, 5.74) is 3.17. The Hall–Kier alpha value is -1.77. The summed E-state index contributed by atoms with van der Waals surface area (Å²) >= 11 is 0. The Kier molecular flexibility index (Phi) is 4.61. The molecule has 0 unspecified atom stereocenters. The van der Waals surface area contributed by atoms with Crippen LogP contribution in [-0.2, 0) is 13.0 Å². The third kappa shape index (κ3) is 2.98. The molecule has 0 aliphatic carbocycles. The van der Waals surface area contributed by atoms with Gasteiger partial charge in [-0.05, 0) is 24.8 Å². The summed E-state index contributed by atoms with van der Waals surface area (Å²) in [5, 5.41) is 3.28. The van der Waals surface area contributed by atoms with Gasteiger partial charge in [-0.25, -0.2) is 0 Å². The van der Waals surface area contributed by atoms with Crippen molar-refractivity contribution in [1.29, 1.82) is 0 Å². The number of aromatic amines is 1. The summed E-state index contributed by atoms with van der Waals surface area (Å²) in [5.74, 6) is 0. The molecule has 0 atom stereocenters. The van der Waals surface area contributed by atoms with Gasteiger partial charge >= 0.3 is 0 Å². The topological polar surface area (TPSA) is 37.8 Å². The maximum Gasteiger partial charge on any atom is 0.270 e. The fraction of sp³-hybridized carbons (Fsp3) is 0.438. The summed E-state index contributed by atoms with van der Waals surface area (Å²) < 4.78 is 1.74. The van der Waals surface area contributed by atoms with Crippen LogP contribution in [0.5, 0.6) is 0 Å². The van der Waals surface area contributed by atoms with Crippen LogP contribution in [0.15, 0.2) is 35.1 Å². The Bertz CT molecular complexity index is 566. The number of aromatic nitrogens is 2. The van der Waals surface area contributed by atoms with Gasteiger partial charge in [0.05, 0.1) is 5.69 Å². The summed E-state index contributed by atoms with van der Waals surface area (Å²) in [7, 11) is 0. The minimum Gasteiger partial charge on any atom is -0.295 e. The molecular weight excluding hydrogens is 236 g/mol. The molecule has 0 fully saturated rings. The van der Waals surface area contributed by atoms with Gasteiger partial charge in [0, 0.05) is 12.1 Å². The Morgan fingerprint density at radius 3 is 2.47 bits per heavy atom. The van der Waals surface area contributed by atoms with E-state index in [-0.39, 0.29) is 5.56 Å². The van der Waals surface area contributed by atoms with Gasteiger partial charge in [0.15, 0.2) is 0 Å². The highest BCUT2D eigenvalue weighted by atomic mass is 16.1. The maximum atomic E-state index is 12.4. The first-order chi connectivity index (χ1) is 9.27. The minimum absolute atomic E-state index is 0.147. The lowest BCUT2D eigenvalue weighted by atomic mass is 10.0. The summed E-state index contributed by atoms with van der Waals surface area (Å²) in [6.45, 7) is 4.99. The molecule has 19 heavy (non-hydrogen) atoms. The van der Waals surface area contributed by atoms with E-state index in [4.69, 9.17) is 0 Å². The van der Waals surface area contributed by atoms with Gasteiger partial charge in [-0.1, -0.05) is 50.6 Å². The van der Waals surface area contributed by atoms with Crippen molar-refractivity contribution in [1.82, 2.24) is 9.78 Å². The van der Waals surface area contributed by atoms with Crippen molar-refractivity contribution in [3.63, 3.8) is 0 Å². The summed E-state index contributed by atoms with van der Waals surface area (Å²) in [6, 6.07) is 10.1. The Morgan fingerprint density at radius 2 is 1.84 bits per heavy atom. The van der Waals surface area contributed by atoms with Crippen molar-refractivity contribution in [3.05, 3.63) is 46.2 Å². The van der Waals surface area contributed by atoms with Gasteiger partial charge in [-0.2, -0.15) is 0 Å². The second-order valence-corrected chi connectivity index (χ2v) is 4.89. The smallest absolute Gasteiger partial charge is 0.270 e. The molecule has 1 aromatic carbocycles. The monoisotopic (exact) mass is 258 g/mol. The van der Waals surface area contributed by atoms with Crippen molar-refractivity contribution >= 4 is 0 Å². The number of benzene rings is 1. The number of aryl methyl sites for hydroxylation is 1. The highest BCUT2D eigenvalue weighted by Crippen LogP contribution is 2.20. The summed E-state index contributed by atoms with van der Waals surface area (Å²) in [6.07, 6.45) is 3.97. The molecule has 0 bridgehead atoms. The highest BCUT2D eigenvalue weighted by molar-refractivity contribution is 5.62. The van der Waals surface area contributed by atoms with Gasteiger partial charge in [-0.15, -0.1) is 0 Å². The van der Waals surface area contributed by atoms with E-state index in [0.717, 1.165) is 49.0 Å². The first kappa shape index (κ1) is 13.7. The number of hydrogen-bond donors (Lipinski definition) is 1. The highest BCUT2D eigenvalue weighted by Gasteiger charge is 2.14. The van der Waals surface area contributed by atoms with Crippen molar-refractivity contribution < 1.29 is 0 Å². The van der Waals surface area contributed by atoms with Crippen LogP contribution in [0.2, 0.25) is 0 Å². The zero-order valence-electron chi connectivity index (χ0n) is 11.8. The number of unbranched alkanes of at least 4 members (excludes halogenated alkanes) is 1. The first-order valence-electron chi connectivity index (χ1n) is 7.15. The third-order valence-corrected chi connectivity index (χ3v) is 3.34. The molecule has 0 saturated carbocycles.